The molecule has 1 amide bonds. The molecule has 0 saturated heterocycles. The van der Waals surface area contributed by atoms with E-state index in [2.05, 4.69) is 10.4 Å². The number of nitro groups is 1. The summed E-state index contributed by atoms with van der Waals surface area (Å²) in [6.07, 6.45) is 5.75. The molecule has 1 atom stereocenters. The Morgan fingerprint density at radius 2 is 2.21 bits per heavy atom. The molecule has 0 aliphatic rings. The highest BCUT2D eigenvalue weighted by atomic mass is 16.6. The Balaban J connectivity index is 2.00. The molecule has 2 rings (SSSR count). The maximum absolute atomic E-state index is 11.9. The summed E-state index contributed by atoms with van der Waals surface area (Å²) in [5.41, 5.74) is -0.440. The van der Waals surface area contributed by atoms with Gasteiger partial charge in [0.25, 0.3) is 5.69 Å². The number of nitrogens with one attached hydrogen (secondary N) is 1. The predicted octanol–water partition coefficient (Wildman–Crippen LogP) is 1.37. The van der Waals surface area contributed by atoms with Gasteiger partial charge in [-0.3, -0.25) is 19.6 Å². The molecular formula is C16H18N4O4. The Morgan fingerprint density at radius 1 is 1.50 bits per heavy atom. The number of hydrogen-bond acceptors (Lipinski definition) is 5. The first-order valence-electron chi connectivity index (χ1n) is 7.20. The second-order valence-corrected chi connectivity index (χ2v) is 5.54. The van der Waals surface area contributed by atoms with Crippen LogP contribution in [0.3, 0.4) is 0 Å². The van der Waals surface area contributed by atoms with Crippen LogP contribution in [0.4, 0.5) is 5.69 Å². The number of carbonyl (C=O) groups excluding carboxylic acids is 1. The second-order valence-electron chi connectivity index (χ2n) is 5.54. The van der Waals surface area contributed by atoms with Gasteiger partial charge in [-0.25, -0.2) is 0 Å². The van der Waals surface area contributed by atoms with Gasteiger partial charge >= 0.3 is 0 Å². The predicted molar refractivity (Wildman–Crippen MR) is 87.9 cm³/mol. The lowest BCUT2D eigenvalue weighted by Crippen LogP contribution is -2.37. The van der Waals surface area contributed by atoms with Crippen LogP contribution in [-0.4, -0.2) is 32.3 Å². The van der Waals surface area contributed by atoms with Crippen molar-refractivity contribution in [1.82, 2.24) is 15.1 Å². The van der Waals surface area contributed by atoms with E-state index in [1.54, 1.807) is 43.0 Å². The fraction of sp³-hybridized carbons (Fsp3) is 0.250. The van der Waals surface area contributed by atoms with Crippen LogP contribution in [0.25, 0.3) is 6.08 Å². The van der Waals surface area contributed by atoms with E-state index in [9.17, 15) is 20.0 Å². The number of nitrogens with zero attached hydrogens (tertiary/aromatic N) is 3. The van der Waals surface area contributed by atoms with Crippen LogP contribution in [0.1, 0.15) is 18.1 Å². The van der Waals surface area contributed by atoms with Crippen molar-refractivity contribution in [2.45, 2.75) is 12.5 Å². The Labute approximate surface area is 138 Å². The third kappa shape index (κ3) is 4.26. The average Bonchev–Trinajstić information content (AvgIpc) is 2.98. The van der Waals surface area contributed by atoms with E-state index >= 15 is 0 Å². The van der Waals surface area contributed by atoms with Gasteiger partial charge in [-0.05, 0) is 19.1 Å². The Hall–Kier alpha value is -3.00. The molecule has 1 unspecified atom stereocenters. The summed E-state index contributed by atoms with van der Waals surface area (Å²) < 4.78 is 1.56. The van der Waals surface area contributed by atoms with Crippen LogP contribution in [0.15, 0.2) is 42.7 Å². The van der Waals surface area contributed by atoms with Gasteiger partial charge in [-0.2, -0.15) is 5.10 Å². The smallest absolute Gasteiger partial charge is 0.276 e. The Bertz CT molecular complexity index is 780. The van der Waals surface area contributed by atoms with Gasteiger partial charge < -0.3 is 10.4 Å². The Morgan fingerprint density at radius 3 is 2.83 bits per heavy atom. The molecule has 0 bridgehead atoms. The molecule has 8 heteroatoms. The molecule has 1 heterocycles. The summed E-state index contributed by atoms with van der Waals surface area (Å²) in [4.78, 5) is 22.3. The summed E-state index contributed by atoms with van der Waals surface area (Å²) in [5.74, 6) is -0.461. The number of aromatic nitrogens is 2. The van der Waals surface area contributed by atoms with E-state index in [4.69, 9.17) is 0 Å². The monoisotopic (exact) mass is 330 g/mol. The van der Waals surface area contributed by atoms with Crippen molar-refractivity contribution in [2.24, 2.45) is 7.05 Å². The van der Waals surface area contributed by atoms with Crippen LogP contribution < -0.4 is 5.32 Å². The van der Waals surface area contributed by atoms with Crippen molar-refractivity contribution in [2.75, 3.05) is 6.54 Å². The van der Waals surface area contributed by atoms with Crippen LogP contribution in [0, 0.1) is 10.1 Å². The van der Waals surface area contributed by atoms with E-state index in [1.165, 1.54) is 24.4 Å². The number of nitro benzene ring substituents is 1. The molecule has 2 aromatic rings. The van der Waals surface area contributed by atoms with E-state index < -0.39 is 16.4 Å². The molecule has 0 spiro atoms. The summed E-state index contributed by atoms with van der Waals surface area (Å²) in [6, 6.07) is 6.12. The summed E-state index contributed by atoms with van der Waals surface area (Å²) in [5, 5.41) is 27.8. The highest BCUT2D eigenvalue weighted by Gasteiger charge is 2.25. The van der Waals surface area contributed by atoms with Gasteiger partial charge in [0.15, 0.2) is 0 Å². The number of hydrogen-bond donors (Lipinski definition) is 2. The Kier molecular flexibility index (Phi) is 5.10. The minimum Gasteiger partial charge on any atom is -0.383 e. The molecule has 1 aromatic heterocycles. The third-order valence-electron chi connectivity index (χ3n) is 3.48. The molecule has 0 aliphatic carbocycles. The fourth-order valence-electron chi connectivity index (χ4n) is 2.08. The van der Waals surface area contributed by atoms with Crippen LogP contribution in [0.5, 0.6) is 0 Å². The lowest BCUT2D eigenvalue weighted by molar-refractivity contribution is -0.385. The van der Waals surface area contributed by atoms with Crippen molar-refractivity contribution >= 4 is 17.7 Å². The van der Waals surface area contributed by atoms with E-state index in [-0.39, 0.29) is 12.2 Å². The van der Waals surface area contributed by atoms with Gasteiger partial charge in [-0.1, -0.05) is 12.1 Å². The number of aryl methyl sites for hydroxylation is 1. The minimum absolute atomic E-state index is 0.0151. The van der Waals surface area contributed by atoms with Crippen molar-refractivity contribution in [3.63, 3.8) is 0 Å². The molecule has 2 N–H and O–H groups in total. The first kappa shape index (κ1) is 17.4. The maximum atomic E-state index is 11.9. The van der Waals surface area contributed by atoms with Gasteiger partial charge in [-0.15, -0.1) is 0 Å². The topological polar surface area (TPSA) is 110 Å². The standard InChI is InChI=1S/C16H18N4O4/c1-16(22,13-9-18-19(2)10-13)11-17-15(21)8-7-12-5-3-4-6-14(12)20(23)24/h3-10,22H,11H2,1-2H3,(H,17,21). The van der Waals surface area contributed by atoms with Crippen molar-refractivity contribution in [3.05, 3.63) is 64.0 Å². The van der Waals surface area contributed by atoms with Crippen LogP contribution >= 0.6 is 0 Å². The van der Waals surface area contributed by atoms with Crippen LogP contribution in [0.2, 0.25) is 0 Å². The van der Waals surface area contributed by atoms with Crippen molar-refractivity contribution in [1.29, 1.82) is 0 Å². The quantitative estimate of drug-likeness (QED) is 0.472. The number of benzene rings is 1. The van der Waals surface area contributed by atoms with E-state index in [0.29, 0.717) is 11.1 Å². The summed E-state index contributed by atoms with van der Waals surface area (Å²) >= 11 is 0. The van der Waals surface area contributed by atoms with Gasteiger partial charge in [0, 0.05) is 31.0 Å². The minimum atomic E-state index is -1.27. The van der Waals surface area contributed by atoms with Crippen molar-refractivity contribution < 1.29 is 14.8 Å². The zero-order chi connectivity index (χ0) is 17.7. The molecule has 0 fully saturated rings. The normalized spacial score (nSPS) is 13.6. The zero-order valence-corrected chi connectivity index (χ0v) is 13.3. The third-order valence-corrected chi connectivity index (χ3v) is 3.48. The average molecular weight is 330 g/mol. The number of carbonyl (C=O) groups is 1. The molecule has 24 heavy (non-hydrogen) atoms. The van der Waals surface area contributed by atoms with Gasteiger partial charge in [0.2, 0.25) is 5.91 Å². The number of aliphatic hydroxyl groups is 1. The second kappa shape index (κ2) is 7.05. The highest BCUT2D eigenvalue weighted by Crippen LogP contribution is 2.20. The molecular weight excluding hydrogens is 312 g/mol. The largest absolute Gasteiger partial charge is 0.383 e. The van der Waals surface area contributed by atoms with Crippen LogP contribution in [-0.2, 0) is 17.4 Å². The van der Waals surface area contributed by atoms with Gasteiger partial charge in [0.05, 0.1) is 23.2 Å². The summed E-state index contributed by atoms with van der Waals surface area (Å²) in [7, 11) is 1.73. The number of amides is 1. The molecule has 0 aliphatic heterocycles. The first-order chi connectivity index (χ1) is 11.3. The zero-order valence-electron chi connectivity index (χ0n) is 13.3. The van der Waals surface area contributed by atoms with E-state index in [0.717, 1.165) is 0 Å². The number of para-hydroxylation sites is 1. The lowest BCUT2D eigenvalue weighted by Gasteiger charge is -2.21. The van der Waals surface area contributed by atoms with Crippen molar-refractivity contribution in [3.8, 4) is 0 Å². The SMILES string of the molecule is Cn1cc(C(C)(O)CNC(=O)C=Cc2ccccc2[N+](=O)[O-])cn1. The molecule has 0 radical (unpaired) electrons. The molecule has 1 aromatic carbocycles. The molecule has 0 saturated carbocycles. The highest BCUT2D eigenvalue weighted by molar-refractivity contribution is 5.92. The lowest BCUT2D eigenvalue weighted by atomic mass is 10.00. The maximum Gasteiger partial charge on any atom is 0.276 e. The summed E-state index contributed by atoms with van der Waals surface area (Å²) in [6.45, 7) is 1.55. The number of rotatable bonds is 6. The fourth-order valence-corrected chi connectivity index (χ4v) is 2.08. The van der Waals surface area contributed by atoms with E-state index in [1.807, 2.05) is 0 Å². The van der Waals surface area contributed by atoms with Gasteiger partial charge in [0.1, 0.15) is 5.60 Å². The first-order valence-corrected chi connectivity index (χ1v) is 7.20. The molecule has 126 valence electrons. The molecule has 8 nitrogen and oxygen atoms in total.